The van der Waals surface area contributed by atoms with Gasteiger partial charge >= 0.3 is 6.03 Å². The van der Waals surface area contributed by atoms with Gasteiger partial charge in [-0.2, -0.15) is 0 Å². The van der Waals surface area contributed by atoms with Gasteiger partial charge in [0.1, 0.15) is 0 Å². The van der Waals surface area contributed by atoms with E-state index in [4.69, 9.17) is 11.6 Å². The number of rotatable bonds is 5. The maximum absolute atomic E-state index is 12.1. The second-order valence-electron chi connectivity index (χ2n) is 7.28. The Labute approximate surface area is 171 Å². The lowest BCUT2D eigenvalue weighted by Gasteiger charge is -2.31. The zero-order chi connectivity index (χ0) is 19.9. The summed E-state index contributed by atoms with van der Waals surface area (Å²) in [6.07, 6.45) is 3.11. The van der Waals surface area contributed by atoms with Crippen LogP contribution in [0.5, 0.6) is 0 Å². The molecule has 3 amide bonds. The fourth-order valence-corrected chi connectivity index (χ4v) is 3.60. The van der Waals surface area contributed by atoms with Crippen LogP contribution >= 0.6 is 11.6 Å². The summed E-state index contributed by atoms with van der Waals surface area (Å²) in [5.41, 5.74) is 3.02. The Morgan fingerprint density at radius 1 is 1.00 bits per heavy atom. The molecule has 1 saturated heterocycles. The highest BCUT2D eigenvalue weighted by molar-refractivity contribution is 6.30. The number of nitrogens with zero attached hydrogens (tertiary/aromatic N) is 1. The first-order valence-corrected chi connectivity index (χ1v) is 10.0. The van der Waals surface area contributed by atoms with Gasteiger partial charge in [-0.25, -0.2) is 4.79 Å². The average molecular weight is 400 g/mol. The van der Waals surface area contributed by atoms with Crippen LogP contribution in [-0.4, -0.2) is 29.9 Å². The quantitative estimate of drug-likeness (QED) is 0.779. The number of benzene rings is 2. The molecule has 0 unspecified atom stereocenters. The zero-order valence-electron chi connectivity index (χ0n) is 16.1. The summed E-state index contributed by atoms with van der Waals surface area (Å²) < 4.78 is 0. The number of urea groups is 1. The third-order valence-electron chi connectivity index (χ3n) is 5.16. The topological polar surface area (TPSA) is 61.4 Å². The van der Waals surface area contributed by atoms with E-state index in [1.807, 2.05) is 29.2 Å². The second-order valence-corrected chi connectivity index (χ2v) is 7.72. The van der Waals surface area contributed by atoms with Crippen LogP contribution in [0.4, 0.5) is 10.5 Å². The summed E-state index contributed by atoms with van der Waals surface area (Å²) in [5.74, 6) is 0.778. The molecule has 2 aromatic rings. The van der Waals surface area contributed by atoms with Gasteiger partial charge in [-0.05, 0) is 60.6 Å². The van der Waals surface area contributed by atoms with Gasteiger partial charge in [0.2, 0.25) is 5.91 Å². The first-order valence-electron chi connectivity index (χ1n) is 9.63. The SMILES string of the molecule is CC(=O)N1CCC(Cc2ccc(NC(=O)NCc3ccc(Cl)cc3)cc2)CC1. The normalized spacial score (nSPS) is 14.6. The van der Waals surface area contributed by atoms with Crippen molar-refractivity contribution in [2.24, 2.45) is 5.92 Å². The smallest absolute Gasteiger partial charge is 0.319 e. The Morgan fingerprint density at radius 3 is 2.21 bits per heavy atom. The predicted octanol–water partition coefficient (Wildman–Crippen LogP) is 4.46. The second kappa shape index (κ2) is 9.60. The monoisotopic (exact) mass is 399 g/mol. The minimum atomic E-state index is -0.237. The summed E-state index contributed by atoms with van der Waals surface area (Å²) >= 11 is 5.86. The maximum Gasteiger partial charge on any atom is 0.319 e. The molecule has 0 saturated carbocycles. The summed E-state index contributed by atoms with van der Waals surface area (Å²) in [7, 11) is 0. The number of hydrogen-bond donors (Lipinski definition) is 2. The van der Waals surface area contributed by atoms with Crippen LogP contribution in [0.1, 0.15) is 30.9 Å². The van der Waals surface area contributed by atoms with Crippen molar-refractivity contribution in [2.45, 2.75) is 32.7 Å². The van der Waals surface area contributed by atoms with Crippen LogP contribution in [0.25, 0.3) is 0 Å². The maximum atomic E-state index is 12.1. The molecule has 28 heavy (non-hydrogen) atoms. The van der Waals surface area contributed by atoms with Crippen LogP contribution in [0, 0.1) is 5.92 Å². The molecule has 0 bridgehead atoms. The molecule has 0 atom stereocenters. The summed E-state index contributed by atoms with van der Waals surface area (Å²) in [5, 5.41) is 6.37. The van der Waals surface area contributed by atoms with Crippen molar-refractivity contribution < 1.29 is 9.59 Å². The Kier molecular flexibility index (Phi) is 6.93. The number of piperidine rings is 1. The fourth-order valence-electron chi connectivity index (χ4n) is 3.47. The summed E-state index contributed by atoms with van der Waals surface area (Å²) in [6.45, 7) is 3.79. The Balaban J connectivity index is 1.43. The number of carbonyl (C=O) groups excluding carboxylic acids is 2. The van der Waals surface area contributed by atoms with Crippen molar-refractivity contribution in [2.75, 3.05) is 18.4 Å². The summed E-state index contributed by atoms with van der Waals surface area (Å²) in [4.78, 5) is 25.4. The van der Waals surface area contributed by atoms with Crippen LogP contribution in [-0.2, 0) is 17.8 Å². The van der Waals surface area contributed by atoms with Gasteiger partial charge in [-0.15, -0.1) is 0 Å². The van der Waals surface area contributed by atoms with Gasteiger partial charge in [-0.1, -0.05) is 35.9 Å². The predicted molar refractivity (Wildman–Crippen MR) is 112 cm³/mol. The highest BCUT2D eigenvalue weighted by Crippen LogP contribution is 2.22. The van der Waals surface area contributed by atoms with Crippen molar-refractivity contribution in [1.82, 2.24) is 10.2 Å². The molecule has 2 aromatic carbocycles. The van der Waals surface area contributed by atoms with Gasteiger partial charge in [-0.3, -0.25) is 4.79 Å². The van der Waals surface area contributed by atoms with E-state index in [-0.39, 0.29) is 11.9 Å². The van der Waals surface area contributed by atoms with Gasteiger partial charge in [0, 0.05) is 37.3 Å². The number of nitrogens with one attached hydrogen (secondary N) is 2. The van der Waals surface area contributed by atoms with Gasteiger partial charge in [0.15, 0.2) is 0 Å². The van der Waals surface area contributed by atoms with Gasteiger partial charge in [0.25, 0.3) is 0 Å². The highest BCUT2D eigenvalue weighted by atomic mass is 35.5. The largest absolute Gasteiger partial charge is 0.343 e. The molecule has 0 radical (unpaired) electrons. The standard InChI is InChI=1S/C22H26ClN3O2/c1-16(27)26-12-10-18(11-13-26)14-17-4-8-21(9-5-17)25-22(28)24-15-19-2-6-20(23)7-3-19/h2-9,18H,10-15H2,1H3,(H2,24,25,28). The van der Waals surface area contributed by atoms with Gasteiger partial charge in [0.05, 0.1) is 0 Å². The fraction of sp³-hybridized carbons (Fsp3) is 0.364. The molecule has 0 spiro atoms. The first-order chi connectivity index (χ1) is 13.5. The Hall–Kier alpha value is -2.53. The van der Waals surface area contributed by atoms with E-state index >= 15 is 0 Å². The average Bonchev–Trinajstić information content (AvgIpc) is 2.69. The van der Waals surface area contributed by atoms with Crippen LogP contribution in [0.15, 0.2) is 48.5 Å². The molecule has 1 fully saturated rings. The lowest BCUT2D eigenvalue weighted by atomic mass is 9.90. The Morgan fingerprint density at radius 2 is 1.61 bits per heavy atom. The van der Waals surface area contributed by atoms with Crippen molar-refractivity contribution >= 4 is 29.2 Å². The molecular weight excluding hydrogens is 374 g/mol. The van der Waals surface area contributed by atoms with Crippen LogP contribution in [0.3, 0.4) is 0 Å². The molecule has 1 aliphatic heterocycles. The molecule has 6 heteroatoms. The van der Waals surface area contributed by atoms with Gasteiger partial charge < -0.3 is 15.5 Å². The van der Waals surface area contributed by atoms with Crippen molar-refractivity contribution in [3.8, 4) is 0 Å². The van der Waals surface area contributed by atoms with E-state index in [1.54, 1.807) is 19.1 Å². The molecule has 1 heterocycles. The molecule has 0 aliphatic carbocycles. The minimum absolute atomic E-state index is 0.170. The number of anilines is 1. The van der Waals surface area contributed by atoms with Crippen LogP contribution < -0.4 is 10.6 Å². The highest BCUT2D eigenvalue weighted by Gasteiger charge is 2.20. The van der Waals surface area contributed by atoms with E-state index in [9.17, 15) is 9.59 Å². The van der Waals surface area contributed by atoms with Crippen molar-refractivity contribution in [3.05, 3.63) is 64.7 Å². The number of carbonyl (C=O) groups is 2. The number of amides is 3. The molecule has 1 aliphatic rings. The molecule has 2 N–H and O–H groups in total. The first kappa shape index (κ1) is 20.2. The van der Waals surface area contributed by atoms with E-state index in [0.717, 1.165) is 43.6 Å². The van der Waals surface area contributed by atoms with E-state index in [0.29, 0.717) is 17.5 Å². The molecule has 148 valence electrons. The lowest BCUT2D eigenvalue weighted by Crippen LogP contribution is -2.37. The molecular formula is C22H26ClN3O2. The molecule has 3 rings (SSSR count). The molecule has 5 nitrogen and oxygen atoms in total. The number of hydrogen-bond acceptors (Lipinski definition) is 2. The third kappa shape index (κ3) is 5.99. The number of halogens is 1. The van der Waals surface area contributed by atoms with E-state index in [1.165, 1.54) is 5.56 Å². The summed E-state index contributed by atoms with van der Waals surface area (Å²) in [6, 6.07) is 15.1. The minimum Gasteiger partial charge on any atom is -0.343 e. The Bertz CT molecular complexity index is 798. The van der Waals surface area contributed by atoms with E-state index in [2.05, 4.69) is 22.8 Å². The lowest BCUT2D eigenvalue weighted by molar-refractivity contribution is -0.130. The van der Waals surface area contributed by atoms with E-state index < -0.39 is 0 Å². The number of likely N-dealkylation sites (tertiary alicyclic amines) is 1. The van der Waals surface area contributed by atoms with Crippen LogP contribution in [0.2, 0.25) is 5.02 Å². The third-order valence-corrected chi connectivity index (χ3v) is 5.41. The van der Waals surface area contributed by atoms with Crippen molar-refractivity contribution in [3.63, 3.8) is 0 Å². The zero-order valence-corrected chi connectivity index (χ0v) is 16.8. The molecule has 0 aromatic heterocycles. The van der Waals surface area contributed by atoms with Crippen molar-refractivity contribution in [1.29, 1.82) is 0 Å².